The highest BCUT2D eigenvalue weighted by atomic mass is 127. The van der Waals surface area contributed by atoms with Gasteiger partial charge >= 0.3 is 0 Å². The first-order valence-electron chi connectivity index (χ1n) is 7.49. The number of hydrogen-bond donors (Lipinski definition) is 2. The number of halogens is 1. The van der Waals surface area contributed by atoms with Crippen molar-refractivity contribution in [1.82, 2.24) is 10.6 Å². The van der Waals surface area contributed by atoms with Gasteiger partial charge in [0.25, 0.3) is 0 Å². The minimum absolute atomic E-state index is 0. The highest BCUT2D eigenvalue weighted by molar-refractivity contribution is 14.0. The van der Waals surface area contributed by atoms with Crippen LogP contribution in [0.4, 0.5) is 0 Å². The zero-order valence-corrected chi connectivity index (χ0v) is 17.0. The number of rotatable bonds is 7. The molecule has 0 amide bonds. The molecule has 0 bridgehead atoms. The summed E-state index contributed by atoms with van der Waals surface area (Å²) in [6, 6.07) is 5.90. The van der Waals surface area contributed by atoms with E-state index in [1.165, 1.54) is 6.26 Å². The fraction of sp³-hybridized carbons (Fsp3) is 0.533. The van der Waals surface area contributed by atoms with Crippen LogP contribution in [0.2, 0.25) is 0 Å². The Morgan fingerprint density at radius 2 is 1.92 bits per heavy atom. The van der Waals surface area contributed by atoms with Crippen LogP contribution in [-0.4, -0.2) is 53.3 Å². The highest BCUT2D eigenvalue weighted by Crippen LogP contribution is 2.32. The second kappa shape index (κ2) is 9.92. The largest absolute Gasteiger partial charge is 0.454 e. The quantitative estimate of drug-likeness (QED) is 0.270. The van der Waals surface area contributed by atoms with E-state index in [0.717, 1.165) is 23.5 Å². The van der Waals surface area contributed by atoms with Crippen molar-refractivity contribution in [3.05, 3.63) is 23.8 Å². The van der Waals surface area contributed by atoms with Crippen molar-refractivity contribution in [1.29, 1.82) is 0 Å². The maximum absolute atomic E-state index is 11.1. The molecule has 1 aromatic rings. The van der Waals surface area contributed by atoms with Crippen LogP contribution in [0.5, 0.6) is 11.5 Å². The summed E-state index contributed by atoms with van der Waals surface area (Å²) < 4.78 is 32.8. The average Bonchev–Trinajstić information content (AvgIpc) is 2.96. The standard InChI is InChI=1S/C15H23N3O4S.HI/c1-16-15(17-7-3-9-23(2,19)20)18-8-6-12-4-5-13-14(10-12)22-11-21-13;/h4-5,10H,3,6-9,11H2,1-2H3,(H2,16,17,18);1H. The van der Waals surface area contributed by atoms with Gasteiger partial charge in [-0.2, -0.15) is 0 Å². The number of ether oxygens (including phenoxy) is 2. The molecule has 0 unspecified atom stereocenters. The van der Waals surface area contributed by atoms with Crippen molar-refractivity contribution in [2.75, 3.05) is 38.9 Å². The zero-order valence-electron chi connectivity index (χ0n) is 13.9. The number of nitrogens with one attached hydrogen (secondary N) is 2. The molecule has 2 N–H and O–H groups in total. The Kier molecular flexibility index (Phi) is 8.60. The third-order valence-corrected chi connectivity index (χ3v) is 4.38. The summed E-state index contributed by atoms with van der Waals surface area (Å²) in [5, 5.41) is 6.30. The molecule has 0 spiro atoms. The molecular weight excluding hydrogens is 445 g/mol. The van der Waals surface area contributed by atoms with Crippen molar-refractivity contribution >= 4 is 39.8 Å². The number of sulfone groups is 1. The molecule has 0 saturated heterocycles. The normalized spacial score (nSPS) is 13.3. The summed E-state index contributed by atoms with van der Waals surface area (Å²) in [5.41, 5.74) is 1.15. The summed E-state index contributed by atoms with van der Waals surface area (Å²) >= 11 is 0. The molecule has 0 atom stereocenters. The second-order valence-corrected chi connectivity index (χ2v) is 7.61. The summed E-state index contributed by atoms with van der Waals surface area (Å²) in [5.74, 6) is 2.41. The van der Waals surface area contributed by atoms with Gasteiger partial charge in [0.15, 0.2) is 17.5 Å². The third kappa shape index (κ3) is 7.12. The van der Waals surface area contributed by atoms with Crippen LogP contribution in [0.25, 0.3) is 0 Å². The molecule has 1 aromatic carbocycles. The summed E-state index contributed by atoms with van der Waals surface area (Å²) in [7, 11) is -1.22. The Labute approximate surface area is 160 Å². The smallest absolute Gasteiger partial charge is 0.231 e. The molecule has 7 nitrogen and oxygen atoms in total. The molecule has 0 saturated carbocycles. The van der Waals surface area contributed by atoms with Gasteiger partial charge in [-0.3, -0.25) is 4.99 Å². The van der Waals surface area contributed by atoms with E-state index in [9.17, 15) is 8.42 Å². The molecule has 1 aliphatic rings. The lowest BCUT2D eigenvalue weighted by molar-refractivity contribution is 0.174. The molecule has 2 rings (SSSR count). The van der Waals surface area contributed by atoms with E-state index in [2.05, 4.69) is 15.6 Å². The average molecular weight is 469 g/mol. The Morgan fingerprint density at radius 1 is 1.21 bits per heavy atom. The van der Waals surface area contributed by atoms with Gasteiger partial charge in [0.2, 0.25) is 6.79 Å². The molecule has 0 aromatic heterocycles. The van der Waals surface area contributed by atoms with E-state index < -0.39 is 9.84 Å². The molecule has 136 valence electrons. The van der Waals surface area contributed by atoms with Crippen molar-refractivity contribution in [2.45, 2.75) is 12.8 Å². The first-order chi connectivity index (χ1) is 11.0. The highest BCUT2D eigenvalue weighted by Gasteiger charge is 2.12. The number of aliphatic imine (C=N–C) groups is 1. The van der Waals surface area contributed by atoms with Crippen molar-refractivity contribution in [2.24, 2.45) is 4.99 Å². The third-order valence-electron chi connectivity index (χ3n) is 3.35. The van der Waals surface area contributed by atoms with Gasteiger partial charge in [-0.05, 0) is 30.5 Å². The Morgan fingerprint density at radius 3 is 2.62 bits per heavy atom. The lowest BCUT2D eigenvalue weighted by atomic mass is 10.1. The first-order valence-corrected chi connectivity index (χ1v) is 9.55. The Bertz CT molecular complexity index is 665. The van der Waals surface area contributed by atoms with Crippen LogP contribution >= 0.6 is 24.0 Å². The predicted octanol–water partition coefficient (Wildman–Crippen LogP) is 1.18. The minimum Gasteiger partial charge on any atom is -0.454 e. The fourth-order valence-electron chi connectivity index (χ4n) is 2.18. The van der Waals surface area contributed by atoms with Gasteiger partial charge in [-0.15, -0.1) is 24.0 Å². The van der Waals surface area contributed by atoms with Gasteiger partial charge in [0.1, 0.15) is 9.84 Å². The van der Waals surface area contributed by atoms with E-state index in [1.54, 1.807) is 7.05 Å². The molecule has 0 fully saturated rings. The Balaban J connectivity index is 0.00000288. The first kappa shape index (κ1) is 20.8. The van der Waals surface area contributed by atoms with E-state index >= 15 is 0 Å². The van der Waals surface area contributed by atoms with Crippen molar-refractivity contribution in [3.8, 4) is 11.5 Å². The predicted molar refractivity (Wildman–Crippen MR) is 105 cm³/mol. The van der Waals surface area contributed by atoms with Gasteiger partial charge in [0, 0.05) is 26.4 Å². The molecule has 0 radical (unpaired) electrons. The number of nitrogens with zero attached hydrogens (tertiary/aromatic N) is 1. The molecule has 0 aliphatic carbocycles. The van der Waals surface area contributed by atoms with E-state index in [-0.39, 0.29) is 36.5 Å². The number of hydrogen-bond acceptors (Lipinski definition) is 5. The van der Waals surface area contributed by atoms with E-state index in [4.69, 9.17) is 9.47 Å². The number of benzene rings is 1. The maximum atomic E-state index is 11.1. The summed E-state index contributed by atoms with van der Waals surface area (Å²) in [6.07, 6.45) is 2.62. The van der Waals surface area contributed by atoms with Crippen LogP contribution in [0.1, 0.15) is 12.0 Å². The molecule has 1 aliphatic heterocycles. The van der Waals surface area contributed by atoms with Crippen molar-refractivity contribution in [3.63, 3.8) is 0 Å². The molecule has 9 heteroatoms. The SMILES string of the molecule is CN=C(NCCCS(C)(=O)=O)NCCc1ccc2c(c1)OCO2.I. The van der Waals surface area contributed by atoms with Gasteiger partial charge in [0.05, 0.1) is 5.75 Å². The zero-order chi connectivity index (χ0) is 16.7. The lowest BCUT2D eigenvalue weighted by Crippen LogP contribution is -2.39. The number of fused-ring (bicyclic) bond motifs is 1. The topological polar surface area (TPSA) is 89.0 Å². The monoisotopic (exact) mass is 469 g/mol. The summed E-state index contributed by atoms with van der Waals surface area (Å²) in [4.78, 5) is 4.11. The molecule has 24 heavy (non-hydrogen) atoms. The van der Waals surface area contributed by atoms with Gasteiger partial charge in [-0.1, -0.05) is 6.07 Å². The molecule has 1 heterocycles. The van der Waals surface area contributed by atoms with Crippen molar-refractivity contribution < 1.29 is 17.9 Å². The van der Waals surface area contributed by atoms with Crippen LogP contribution < -0.4 is 20.1 Å². The second-order valence-electron chi connectivity index (χ2n) is 5.35. The fourth-order valence-corrected chi connectivity index (χ4v) is 2.85. The van der Waals surface area contributed by atoms with Crippen LogP contribution in [-0.2, 0) is 16.3 Å². The Hall–Kier alpha value is -1.23. The molecular formula is C15H24IN3O4S. The van der Waals surface area contributed by atoms with Gasteiger partial charge < -0.3 is 20.1 Å². The van der Waals surface area contributed by atoms with Crippen LogP contribution in [0, 0.1) is 0 Å². The maximum Gasteiger partial charge on any atom is 0.231 e. The number of guanidine groups is 1. The minimum atomic E-state index is -2.91. The van der Waals surface area contributed by atoms with Crippen LogP contribution in [0.15, 0.2) is 23.2 Å². The van der Waals surface area contributed by atoms with E-state index in [0.29, 0.717) is 25.5 Å². The summed E-state index contributed by atoms with van der Waals surface area (Å²) in [6.45, 7) is 1.56. The van der Waals surface area contributed by atoms with Crippen LogP contribution in [0.3, 0.4) is 0 Å². The van der Waals surface area contributed by atoms with Gasteiger partial charge in [-0.25, -0.2) is 8.42 Å². The lowest BCUT2D eigenvalue weighted by Gasteiger charge is -2.11. The van der Waals surface area contributed by atoms with E-state index in [1.807, 2.05) is 18.2 Å².